The van der Waals surface area contributed by atoms with Crippen LogP contribution in [-0.2, 0) is 16.0 Å². The lowest BCUT2D eigenvalue weighted by Crippen LogP contribution is -2.40. The Morgan fingerprint density at radius 1 is 1.41 bits per heavy atom. The van der Waals surface area contributed by atoms with Crippen molar-refractivity contribution in [1.82, 2.24) is 10.3 Å². The van der Waals surface area contributed by atoms with Crippen LogP contribution in [0.1, 0.15) is 25.3 Å². The Kier molecular flexibility index (Phi) is 5.13. The molecular weight excluding hydrogens is 220 g/mol. The van der Waals surface area contributed by atoms with Crippen molar-refractivity contribution >= 4 is 11.9 Å². The molecule has 0 saturated carbocycles. The van der Waals surface area contributed by atoms with E-state index in [2.05, 4.69) is 10.3 Å². The third kappa shape index (κ3) is 4.63. The molecule has 17 heavy (non-hydrogen) atoms. The maximum absolute atomic E-state index is 11.5. The van der Waals surface area contributed by atoms with E-state index < -0.39 is 12.0 Å². The van der Waals surface area contributed by atoms with E-state index in [1.54, 1.807) is 19.3 Å². The molecule has 0 saturated heterocycles. The molecule has 5 heteroatoms. The van der Waals surface area contributed by atoms with Gasteiger partial charge in [0.2, 0.25) is 5.91 Å². The second kappa shape index (κ2) is 6.62. The zero-order valence-corrected chi connectivity index (χ0v) is 9.72. The zero-order valence-electron chi connectivity index (χ0n) is 9.72. The third-order valence-corrected chi connectivity index (χ3v) is 2.43. The smallest absolute Gasteiger partial charge is 0.326 e. The summed E-state index contributed by atoms with van der Waals surface area (Å²) in [5.41, 5.74) is 1.01. The van der Waals surface area contributed by atoms with Gasteiger partial charge in [0, 0.05) is 18.8 Å². The number of hydrogen-bond donors (Lipinski definition) is 2. The van der Waals surface area contributed by atoms with Crippen molar-refractivity contribution in [3.05, 3.63) is 30.1 Å². The number of aromatic nitrogens is 1. The van der Waals surface area contributed by atoms with E-state index in [9.17, 15) is 9.59 Å². The van der Waals surface area contributed by atoms with Crippen molar-refractivity contribution in [2.75, 3.05) is 0 Å². The van der Waals surface area contributed by atoms with Gasteiger partial charge in [0.05, 0.1) is 0 Å². The van der Waals surface area contributed by atoms with Gasteiger partial charge in [0.25, 0.3) is 0 Å². The summed E-state index contributed by atoms with van der Waals surface area (Å²) < 4.78 is 0. The SMILES string of the molecule is CC[C@@H](NC(=O)CCc1ccncc1)C(=O)O. The Morgan fingerprint density at radius 3 is 2.59 bits per heavy atom. The summed E-state index contributed by atoms with van der Waals surface area (Å²) in [6.07, 6.45) is 4.59. The molecule has 5 nitrogen and oxygen atoms in total. The molecule has 1 rings (SSSR count). The highest BCUT2D eigenvalue weighted by atomic mass is 16.4. The van der Waals surface area contributed by atoms with E-state index in [0.29, 0.717) is 12.8 Å². The fourth-order valence-electron chi connectivity index (χ4n) is 1.41. The minimum absolute atomic E-state index is 0.240. The van der Waals surface area contributed by atoms with E-state index in [1.807, 2.05) is 12.1 Å². The minimum Gasteiger partial charge on any atom is -0.480 e. The topological polar surface area (TPSA) is 79.3 Å². The highest BCUT2D eigenvalue weighted by Crippen LogP contribution is 2.01. The van der Waals surface area contributed by atoms with Crippen LogP contribution in [0.4, 0.5) is 0 Å². The van der Waals surface area contributed by atoms with Crippen molar-refractivity contribution in [2.45, 2.75) is 32.2 Å². The molecule has 0 unspecified atom stereocenters. The number of pyridine rings is 1. The van der Waals surface area contributed by atoms with E-state index in [-0.39, 0.29) is 12.3 Å². The first-order valence-corrected chi connectivity index (χ1v) is 5.54. The molecule has 0 aliphatic heterocycles. The first-order chi connectivity index (χ1) is 8.13. The lowest BCUT2D eigenvalue weighted by molar-refractivity contribution is -0.141. The van der Waals surface area contributed by atoms with Gasteiger partial charge in [-0.2, -0.15) is 0 Å². The average Bonchev–Trinajstić information content (AvgIpc) is 2.34. The largest absolute Gasteiger partial charge is 0.480 e. The number of amides is 1. The van der Waals surface area contributed by atoms with Gasteiger partial charge in [-0.25, -0.2) is 4.79 Å². The molecule has 0 fully saturated rings. The van der Waals surface area contributed by atoms with Gasteiger partial charge in [0.1, 0.15) is 6.04 Å². The number of carbonyl (C=O) groups is 2. The molecule has 0 aliphatic rings. The minimum atomic E-state index is -0.996. The molecule has 1 amide bonds. The summed E-state index contributed by atoms with van der Waals surface area (Å²) in [5.74, 6) is -1.24. The quantitative estimate of drug-likeness (QED) is 0.772. The fraction of sp³-hybridized carbons (Fsp3) is 0.417. The standard InChI is InChI=1S/C12H16N2O3/c1-2-10(12(16)17)14-11(15)4-3-9-5-7-13-8-6-9/h5-8,10H,2-4H2,1H3,(H,14,15)(H,16,17)/t10-/m1/s1. The predicted molar refractivity (Wildman–Crippen MR) is 62.4 cm³/mol. The van der Waals surface area contributed by atoms with Gasteiger partial charge in [-0.15, -0.1) is 0 Å². The molecule has 1 heterocycles. The molecule has 2 N–H and O–H groups in total. The van der Waals surface area contributed by atoms with Crippen molar-refractivity contribution in [2.24, 2.45) is 0 Å². The van der Waals surface area contributed by atoms with E-state index in [1.165, 1.54) is 0 Å². The monoisotopic (exact) mass is 236 g/mol. The lowest BCUT2D eigenvalue weighted by atomic mass is 10.1. The normalized spacial score (nSPS) is 11.8. The molecule has 0 bridgehead atoms. The highest BCUT2D eigenvalue weighted by Gasteiger charge is 2.16. The zero-order chi connectivity index (χ0) is 12.7. The van der Waals surface area contributed by atoms with Crippen LogP contribution in [0.15, 0.2) is 24.5 Å². The van der Waals surface area contributed by atoms with Gasteiger partial charge in [-0.1, -0.05) is 6.92 Å². The Labute approximate surface area is 99.9 Å². The van der Waals surface area contributed by atoms with E-state index in [4.69, 9.17) is 5.11 Å². The van der Waals surface area contributed by atoms with Gasteiger partial charge in [-0.3, -0.25) is 9.78 Å². The number of carbonyl (C=O) groups excluding carboxylic acids is 1. The van der Waals surface area contributed by atoms with Gasteiger partial charge >= 0.3 is 5.97 Å². The van der Waals surface area contributed by atoms with Crippen LogP contribution in [-0.4, -0.2) is 28.0 Å². The predicted octanol–water partition coefficient (Wildman–Crippen LogP) is 0.994. The number of carboxylic acid groups (broad SMARTS) is 1. The van der Waals surface area contributed by atoms with E-state index in [0.717, 1.165) is 5.56 Å². The number of hydrogen-bond acceptors (Lipinski definition) is 3. The van der Waals surface area contributed by atoms with Crippen molar-refractivity contribution in [3.8, 4) is 0 Å². The van der Waals surface area contributed by atoms with Gasteiger partial charge < -0.3 is 10.4 Å². The van der Waals surface area contributed by atoms with Crippen LogP contribution in [0, 0.1) is 0 Å². The second-order valence-electron chi connectivity index (χ2n) is 3.72. The number of rotatable bonds is 6. The number of aliphatic carboxylic acids is 1. The fourth-order valence-corrected chi connectivity index (χ4v) is 1.41. The van der Waals surface area contributed by atoms with Crippen LogP contribution in [0.3, 0.4) is 0 Å². The van der Waals surface area contributed by atoms with Crippen molar-refractivity contribution < 1.29 is 14.7 Å². The molecular formula is C12H16N2O3. The van der Waals surface area contributed by atoms with Crippen LogP contribution in [0.2, 0.25) is 0 Å². The summed E-state index contributed by atoms with van der Waals surface area (Å²) in [5, 5.41) is 11.3. The molecule has 92 valence electrons. The van der Waals surface area contributed by atoms with Crippen LogP contribution in [0.25, 0.3) is 0 Å². The van der Waals surface area contributed by atoms with Crippen molar-refractivity contribution in [3.63, 3.8) is 0 Å². The van der Waals surface area contributed by atoms with Gasteiger partial charge in [0.15, 0.2) is 0 Å². The molecule has 1 atom stereocenters. The first-order valence-electron chi connectivity index (χ1n) is 5.54. The van der Waals surface area contributed by atoms with E-state index >= 15 is 0 Å². The van der Waals surface area contributed by atoms with Crippen molar-refractivity contribution in [1.29, 1.82) is 0 Å². The molecule has 0 radical (unpaired) electrons. The average molecular weight is 236 g/mol. The number of nitrogens with one attached hydrogen (secondary N) is 1. The van der Waals surface area contributed by atoms with Crippen LogP contribution in [0.5, 0.6) is 0 Å². The third-order valence-electron chi connectivity index (χ3n) is 2.43. The van der Waals surface area contributed by atoms with Crippen LogP contribution >= 0.6 is 0 Å². The first kappa shape index (κ1) is 13.2. The number of aryl methyl sites for hydroxylation is 1. The Balaban J connectivity index is 2.37. The molecule has 0 aromatic carbocycles. The maximum Gasteiger partial charge on any atom is 0.326 e. The molecule has 0 aliphatic carbocycles. The lowest BCUT2D eigenvalue weighted by Gasteiger charge is -2.11. The van der Waals surface area contributed by atoms with Crippen LogP contribution < -0.4 is 5.32 Å². The Morgan fingerprint density at radius 2 is 2.06 bits per heavy atom. The second-order valence-corrected chi connectivity index (χ2v) is 3.72. The summed E-state index contributed by atoms with van der Waals surface area (Å²) in [4.78, 5) is 26.1. The number of nitrogens with zero attached hydrogens (tertiary/aromatic N) is 1. The Bertz CT molecular complexity index is 379. The van der Waals surface area contributed by atoms with Gasteiger partial charge in [-0.05, 0) is 30.5 Å². The maximum atomic E-state index is 11.5. The Hall–Kier alpha value is -1.91. The molecule has 0 spiro atoms. The summed E-state index contributed by atoms with van der Waals surface area (Å²) in [6, 6.07) is 2.88. The summed E-state index contributed by atoms with van der Waals surface area (Å²) in [6.45, 7) is 1.72. The molecule has 1 aromatic rings. The summed E-state index contributed by atoms with van der Waals surface area (Å²) in [7, 11) is 0. The highest BCUT2D eigenvalue weighted by molar-refractivity contribution is 5.83. The molecule has 1 aromatic heterocycles. The summed E-state index contributed by atoms with van der Waals surface area (Å²) >= 11 is 0. The number of carboxylic acids is 1.